The zero-order valence-corrected chi connectivity index (χ0v) is 8.81. The molecule has 1 aromatic rings. The van der Waals surface area contributed by atoms with Gasteiger partial charge < -0.3 is 10.4 Å². The molecule has 15 heavy (non-hydrogen) atoms. The Labute approximate surface area is 88.8 Å². The van der Waals surface area contributed by atoms with Gasteiger partial charge in [-0.05, 0) is 12.8 Å². The third kappa shape index (κ3) is 2.89. The van der Waals surface area contributed by atoms with Crippen LogP contribution in [0.2, 0.25) is 0 Å². The van der Waals surface area contributed by atoms with Gasteiger partial charge in [0.15, 0.2) is 11.5 Å². The van der Waals surface area contributed by atoms with Crippen LogP contribution in [0.1, 0.15) is 19.5 Å². The minimum Gasteiger partial charge on any atom is -0.396 e. The predicted octanol–water partition coefficient (Wildman–Crippen LogP) is 0.777. The third-order valence-electron chi connectivity index (χ3n) is 2.31. The Balaban J connectivity index is 2.77. The molecule has 0 aliphatic heterocycles. The smallest absolute Gasteiger partial charge is 0.182 e. The lowest BCUT2D eigenvalue weighted by atomic mass is 10.1. The standard InChI is InChI=1S/C10H14N4O/c1-7(6-15)8(2)14-10-9(5-11)12-3-4-13-10/h3-4,7-8,15H,6H2,1-2H3,(H,13,14). The van der Waals surface area contributed by atoms with E-state index < -0.39 is 0 Å². The van der Waals surface area contributed by atoms with Crippen molar-refractivity contribution in [1.29, 1.82) is 5.26 Å². The molecule has 0 bridgehead atoms. The number of anilines is 1. The van der Waals surface area contributed by atoms with Crippen LogP contribution < -0.4 is 5.32 Å². The minimum atomic E-state index is 0.0406. The second-order valence-corrected chi connectivity index (χ2v) is 3.46. The van der Waals surface area contributed by atoms with Crippen LogP contribution in [-0.2, 0) is 0 Å². The van der Waals surface area contributed by atoms with Gasteiger partial charge in [-0.25, -0.2) is 9.97 Å². The quantitative estimate of drug-likeness (QED) is 0.760. The predicted molar refractivity (Wildman–Crippen MR) is 56.1 cm³/mol. The van der Waals surface area contributed by atoms with Crippen molar-refractivity contribution in [3.63, 3.8) is 0 Å². The van der Waals surface area contributed by atoms with Gasteiger partial charge in [-0.15, -0.1) is 0 Å². The van der Waals surface area contributed by atoms with E-state index in [1.165, 1.54) is 12.4 Å². The van der Waals surface area contributed by atoms with Gasteiger partial charge in [-0.1, -0.05) is 6.92 Å². The largest absolute Gasteiger partial charge is 0.396 e. The summed E-state index contributed by atoms with van der Waals surface area (Å²) in [4.78, 5) is 7.92. The summed E-state index contributed by atoms with van der Waals surface area (Å²) in [5.74, 6) is 0.561. The van der Waals surface area contributed by atoms with Gasteiger partial charge >= 0.3 is 0 Å². The maximum atomic E-state index is 8.97. The number of hydrogen-bond donors (Lipinski definition) is 2. The van der Waals surface area contributed by atoms with E-state index in [0.29, 0.717) is 5.82 Å². The van der Waals surface area contributed by atoms with Crippen molar-refractivity contribution in [2.45, 2.75) is 19.9 Å². The molecule has 5 nitrogen and oxygen atoms in total. The monoisotopic (exact) mass is 206 g/mol. The van der Waals surface area contributed by atoms with Gasteiger partial charge in [0.25, 0.3) is 0 Å². The van der Waals surface area contributed by atoms with E-state index in [9.17, 15) is 0 Å². The first-order chi connectivity index (χ1) is 7.19. The summed E-state index contributed by atoms with van der Waals surface area (Å²) in [6.45, 7) is 3.94. The maximum absolute atomic E-state index is 8.97. The SMILES string of the molecule is CC(CO)C(C)Nc1nccnc1C#N. The second kappa shape index (κ2) is 5.27. The van der Waals surface area contributed by atoms with E-state index in [-0.39, 0.29) is 24.3 Å². The van der Waals surface area contributed by atoms with Crippen LogP contribution in [0.5, 0.6) is 0 Å². The van der Waals surface area contributed by atoms with Crippen LogP contribution in [0.15, 0.2) is 12.4 Å². The third-order valence-corrected chi connectivity index (χ3v) is 2.31. The second-order valence-electron chi connectivity index (χ2n) is 3.46. The zero-order valence-electron chi connectivity index (χ0n) is 8.81. The number of nitrogens with one attached hydrogen (secondary N) is 1. The Hall–Kier alpha value is -1.67. The average molecular weight is 206 g/mol. The van der Waals surface area contributed by atoms with Crippen molar-refractivity contribution >= 4 is 5.82 Å². The lowest BCUT2D eigenvalue weighted by Gasteiger charge is -2.19. The molecule has 1 rings (SSSR count). The number of nitrogens with zero attached hydrogens (tertiary/aromatic N) is 3. The molecule has 0 aromatic carbocycles. The van der Waals surface area contributed by atoms with Crippen molar-refractivity contribution in [2.24, 2.45) is 5.92 Å². The highest BCUT2D eigenvalue weighted by Crippen LogP contribution is 2.12. The zero-order chi connectivity index (χ0) is 11.3. The Morgan fingerprint density at radius 2 is 2.13 bits per heavy atom. The summed E-state index contributed by atoms with van der Waals surface area (Å²) in [6.07, 6.45) is 3.00. The molecule has 2 unspecified atom stereocenters. The summed E-state index contributed by atoms with van der Waals surface area (Å²) in [7, 11) is 0. The van der Waals surface area contributed by atoms with Crippen molar-refractivity contribution in [1.82, 2.24) is 9.97 Å². The first kappa shape index (κ1) is 11.4. The first-order valence-electron chi connectivity index (χ1n) is 4.77. The van der Waals surface area contributed by atoms with Gasteiger partial charge in [0.2, 0.25) is 0 Å². The summed E-state index contributed by atoms with van der Waals surface area (Å²) < 4.78 is 0. The van der Waals surface area contributed by atoms with Crippen LogP contribution in [0.25, 0.3) is 0 Å². The minimum absolute atomic E-state index is 0.0406. The number of aliphatic hydroxyl groups excluding tert-OH is 1. The lowest BCUT2D eigenvalue weighted by molar-refractivity contribution is 0.226. The molecular weight excluding hydrogens is 192 g/mol. The first-order valence-corrected chi connectivity index (χ1v) is 4.77. The number of nitriles is 1. The molecule has 1 aromatic heterocycles. The van der Waals surface area contributed by atoms with Crippen LogP contribution in [0.3, 0.4) is 0 Å². The van der Waals surface area contributed by atoms with E-state index in [4.69, 9.17) is 10.4 Å². The highest BCUT2D eigenvalue weighted by atomic mass is 16.3. The Morgan fingerprint density at radius 1 is 1.47 bits per heavy atom. The molecular formula is C10H14N4O. The maximum Gasteiger partial charge on any atom is 0.182 e. The van der Waals surface area contributed by atoms with Crippen molar-refractivity contribution in [3.05, 3.63) is 18.1 Å². The average Bonchev–Trinajstić information content (AvgIpc) is 2.28. The molecule has 0 saturated heterocycles. The normalized spacial score (nSPS) is 14.0. The van der Waals surface area contributed by atoms with Gasteiger partial charge in [0.1, 0.15) is 6.07 Å². The summed E-state index contributed by atoms with van der Waals surface area (Å²) >= 11 is 0. The molecule has 2 N–H and O–H groups in total. The van der Waals surface area contributed by atoms with E-state index in [1.807, 2.05) is 19.9 Å². The molecule has 80 valence electrons. The van der Waals surface area contributed by atoms with Gasteiger partial charge in [0.05, 0.1) is 0 Å². The molecule has 2 atom stereocenters. The molecule has 0 fully saturated rings. The Bertz CT molecular complexity index is 361. The van der Waals surface area contributed by atoms with Gasteiger partial charge in [-0.2, -0.15) is 5.26 Å². The van der Waals surface area contributed by atoms with Crippen LogP contribution >= 0.6 is 0 Å². The van der Waals surface area contributed by atoms with Crippen LogP contribution in [0, 0.1) is 17.2 Å². The van der Waals surface area contributed by atoms with E-state index in [2.05, 4.69) is 15.3 Å². The lowest BCUT2D eigenvalue weighted by Crippen LogP contribution is -2.27. The number of rotatable bonds is 4. The van der Waals surface area contributed by atoms with E-state index in [1.54, 1.807) is 0 Å². The summed E-state index contributed by atoms with van der Waals surface area (Å²) in [6, 6.07) is 2.00. The van der Waals surface area contributed by atoms with Gasteiger partial charge in [0, 0.05) is 25.0 Å². The fourth-order valence-corrected chi connectivity index (χ4v) is 1.04. The summed E-state index contributed by atoms with van der Waals surface area (Å²) in [5.41, 5.74) is 0.273. The van der Waals surface area contributed by atoms with Crippen molar-refractivity contribution in [2.75, 3.05) is 11.9 Å². The summed E-state index contributed by atoms with van der Waals surface area (Å²) in [5, 5.41) is 20.8. The number of hydrogen-bond acceptors (Lipinski definition) is 5. The van der Waals surface area contributed by atoms with Crippen molar-refractivity contribution < 1.29 is 5.11 Å². The molecule has 0 amide bonds. The van der Waals surface area contributed by atoms with Crippen LogP contribution in [-0.4, -0.2) is 27.7 Å². The highest BCUT2D eigenvalue weighted by molar-refractivity contribution is 5.47. The van der Waals surface area contributed by atoms with Crippen LogP contribution in [0.4, 0.5) is 5.82 Å². The van der Waals surface area contributed by atoms with E-state index >= 15 is 0 Å². The fourth-order valence-electron chi connectivity index (χ4n) is 1.04. The number of aliphatic hydroxyl groups is 1. The molecule has 0 aliphatic carbocycles. The fraction of sp³-hybridized carbons (Fsp3) is 0.500. The molecule has 0 saturated carbocycles. The molecule has 0 spiro atoms. The number of aromatic nitrogens is 2. The van der Waals surface area contributed by atoms with Crippen molar-refractivity contribution in [3.8, 4) is 6.07 Å². The Kier molecular flexibility index (Phi) is 4.01. The Morgan fingerprint density at radius 3 is 2.73 bits per heavy atom. The molecule has 1 heterocycles. The van der Waals surface area contributed by atoms with E-state index in [0.717, 1.165) is 0 Å². The van der Waals surface area contributed by atoms with Gasteiger partial charge in [-0.3, -0.25) is 0 Å². The topological polar surface area (TPSA) is 81.8 Å². The highest BCUT2D eigenvalue weighted by Gasteiger charge is 2.13. The molecule has 0 aliphatic rings. The molecule has 5 heteroatoms. The molecule has 0 radical (unpaired) electrons.